The monoisotopic (exact) mass is 455 g/mol. The number of rotatable bonds is 7. The maximum atomic E-state index is 14.2. The molecule has 1 aliphatic rings. The van der Waals surface area contributed by atoms with Gasteiger partial charge in [0.15, 0.2) is 0 Å². The van der Waals surface area contributed by atoms with Gasteiger partial charge in [-0.15, -0.1) is 15.3 Å². The van der Waals surface area contributed by atoms with E-state index in [1.54, 1.807) is 29.1 Å². The highest BCUT2D eigenvalue weighted by Gasteiger charge is 2.17. The summed E-state index contributed by atoms with van der Waals surface area (Å²) in [4.78, 5) is 6.62. The summed E-state index contributed by atoms with van der Waals surface area (Å²) in [6, 6.07) is 8.32. The van der Waals surface area contributed by atoms with Crippen molar-refractivity contribution in [2.24, 2.45) is 0 Å². The van der Waals surface area contributed by atoms with E-state index >= 15 is 0 Å². The van der Waals surface area contributed by atoms with Crippen molar-refractivity contribution < 1.29 is 17.6 Å². The molecule has 0 spiro atoms. The molecule has 0 amide bonds. The third-order valence-corrected chi connectivity index (χ3v) is 5.42. The zero-order valence-corrected chi connectivity index (χ0v) is 17.5. The van der Waals surface area contributed by atoms with Gasteiger partial charge in [0, 0.05) is 18.3 Å². The van der Waals surface area contributed by atoms with Crippen LogP contribution in [-0.2, 0) is 13.1 Å². The maximum absolute atomic E-state index is 14.2. The Morgan fingerprint density at radius 3 is 2.55 bits per heavy atom. The van der Waals surface area contributed by atoms with Crippen LogP contribution in [0.4, 0.5) is 13.2 Å². The quantitative estimate of drug-likeness (QED) is 0.415. The molecule has 0 aliphatic carbocycles. The molecule has 1 aromatic carbocycles. The van der Waals surface area contributed by atoms with Gasteiger partial charge < -0.3 is 4.42 Å². The minimum absolute atomic E-state index is 0.0248. The first-order valence-corrected chi connectivity index (χ1v) is 10.5. The summed E-state index contributed by atoms with van der Waals surface area (Å²) in [6.45, 7) is 3.12. The summed E-state index contributed by atoms with van der Waals surface area (Å²) in [5.74, 6) is -1.06. The van der Waals surface area contributed by atoms with Gasteiger partial charge in [-0.1, -0.05) is 5.21 Å². The second-order valence-electron chi connectivity index (χ2n) is 7.92. The molecule has 0 N–H and O–H groups in total. The molecule has 0 unspecified atom stereocenters. The van der Waals surface area contributed by atoms with Gasteiger partial charge in [0.05, 0.1) is 24.0 Å². The normalized spacial score (nSPS) is 14.4. The first-order valence-electron chi connectivity index (χ1n) is 10.5. The van der Waals surface area contributed by atoms with Crippen molar-refractivity contribution in [3.05, 3.63) is 65.7 Å². The Labute approximate surface area is 187 Å². The largest absolute Gasteiger partial charge is 0.415 e. The Morgan fingerprint density at radius 1 is 0.970 bits per heavy atom. The van der Waals surface area contributed by atoms with Crippen LogP contribution < -0.4 is 0 Å². The van der Waals surface area contributed by atoms with Gasteiger partial charge in [0.25, 0.3) is 5.89 Å². The number of pyridine rings is 1. The molecule has 0 bridgehead atoms. The van der Waals surface area contributed by atoms with Gasteiger partial charge in [-0.25, -0.2) is 9.07 Å². The SMILES string of the molecule is Fc1cc(CN2CCCC2)cc(-c2cn(Cc3ccc(-c4nnc(C(F)F)o4)cn3)nn2)c1. The van der Waals surface area contributed by atoms with Gasteiger partial charge >= 0.3 is 6.43 Å². The summed E-state index contributed by atoms with van der Waals surface area (Å²) < 4.78 is 46.0. The van der Waals surface area contributed by atoms with Crippen molar-refractivity contribution in [1.29, 1.82) is 0 Å². The van der Waals surface area contributed by atoms with Gasteiger partial charge in [0.1, 0.15) is 11.5 Å². The van der Waals surface area contributed by atoms with Gasteiger partial charge in [-0.3, -0.25) is 9.88 Å². The fraction of sp³-hybridized carbons (Fsp3) is 0.318. The number of benzene rings is 1. The van der Waals surface area contributed by atoms with E-state index in [0.717, 1.165) is 18.7 Å². The second-order valence-corrected chi connectivity index (χ2v) is 7.92. The highest BCUT2D eigenvalue weighted by Crippen LogP contribution is 2.24. The molecule has 3 aromatic heterocycles. The Bertz CT molecular complexity index is 1230. The third-order valence-electron chi connectivity index (χ3n) is 5.42. The van der Waals surface area contributed by atoms with Crippen LogP contribution >= 0.6 is 0 Å². The summed E-state index contributed by atoms with van der Waals surface area (Å²) >= 11 is 0. The highest BCUT2D eigenvalue weighted by atomic mass is 19.3. The maximum Gasteiger partial charge on any atom is 0.314 e. The zero-order valence-electron chi connectivity index (χ0n) is 17.5. The van der Waals surface area contributed by atoms with E-state index in [1.165, 1.54) is 25.1 Å². The predicted octanol–water partition coefficient (Wildman–Crippen LogP) is 4.11. The van der Waals surface area contributed by atoms with Crippen LogP contribution in [0.25, 0.3) is 22.7 Å². The number of aromatic nitrogens is 6. The number of likely N-dealkylation sites (tertiary alicyclic amines) is 1. The molecule has 0 atom stereocenters. The van der Waals surface area contributed by atoms with Crippen molar-refractivity contribution in [1.82, 2.24) is 35.1 Å². The minimum atomic E-state index is -2.82. The molecular weight excluding hydrogens is 435 g/mol. The van der Waals surface area contributed by atoms with Crippen molar-refractivity contribution in [3.63, 3.8) is 0 Å². The lowest BCUT2D eigenvalue weighted by molar-refractivity contribution is 0.116. The van der Waals surface area contributed by atoms with Crippen molar-refractivity contribution in [2.75, 3.05) is 13.1 Å². The van der Waals surface area contributed by atoms with E-state index < -0.39 is 12.3 Å². The molecule has 1 saturated heterocycles. The van der Waals surface area contributed by atoms with Crippen LogP contribution in [0.1, 0.15) is 36.4 Å². The Balaban J connectivity index is 1.28. The third kappa shape index (κ3) is 4.92. The van der Waals surface area contributed by atoms with E-state index in [1.807, 2.05) is 6.07 Å². The molecule has 170 valence electrons. The molecule has 33 heavy (non-hydrogen) atoms. The molecule has 5 rings (SSSR count). The standard InChI is InChI=1S/C22H20F3N7O/c23-17-8-14(11-31-5-1-2-6-31)7-16(9-17)19-13-32(30-27-19)12-18-4-3-15(10-26-18)21-28-29-22(33-21)20(24)25/h3-4,7-10,13,20H,1-2,5-6,11-12H2. The molecule has 1 aliphatic heterocycles. The van der Waals surface area contributed by atoms with Crippen LogP contribution in [0.2, 0.25) is 0 Å². The Morgan fingerprint density at radius 2 is 1.82 bits per heavy atom. The smallest absolute Gasteiger partial charge is 0.314 e. The first-order chi connectivity index (χ1) is 16.0. The molecule has 8 nitrogen and oxygen atoms in total. The molecule has 0 radical (unpaired) electrons. The summed E-state index contributed by atoms with van der Waals surface area (Å²) in [5, 5.41) is 15.2. The van der Waals surface area contributed by atoms with Gasteiger partial charge in [0.2, 0.25) is 5.89 Å². The van der Waals surface area contributed by atoms with E-state index in [9.17, 15) is 13.2 Å². The van der Waals surface area contributed by atoms with E-state index in [2.05, 4.69) is 30.4 Å². The van der Waals surface area contributed by atoms with E-state index in [0.29, 0.717) is 35.6 Å². The Kier molecular flexibility index (Phi) is 5.86. The van der Waals surface area contributed by atoms with E-state index in [4.69, 9.17) is 4.42 Å². The number of hydrogen-bond donors (Lipinski definition) is 0. The van der Waals surface area contributed by atoms with Crippen molar-refractivity contribution in [2.45, 2.75) is 32.4 Å². The highest BCUT2D eigenvalue weighted by molar-refractivity contribution is 5.59. The average molecular weight is 455 g/mol. The second kappa shape index (κ2) is 9.10. The predicted molar refractivity (Wildman–Crippen MR) is 112 cm³/mol. The Hall–Kier alpha value is -3.60. The van der Waals surface area contributed by atoms with Gasteiger partial charge in [-0.2, -0.15) is 8.78 Å². The molecular formula is C22H20F3N7O. The summed E-state index contributed by atoms with van der Waals surface area (Å²) in [7, 11) is 0. The fourth-order valence-corrected chi connectivity index (χ4v) is 3.85. The lowest BCUT2D eigenvalue weighted by Gasteiger charge is -2.15. The summed E-state index contributed by atoms with van der Waals surface area (Å²) in [6.07, 6.45) is 2.73. The number of nitrogens with zero attached hydrogens (tertiary/aromatic N) is 7. The summed E-state index contributed by atoms with van der Waals surface area (Å²) in [5.41, 5.74) is 3.25. The van der Waals surface area contributed by atoms with Crippen molar-refractivity contribution >= 4 is 0 Å². The van der Waals surface area contributed by atoms with Gasteiger partial charge in [-0.05, 0) is 61.8 Å². The number of halogens is 3. The zero-order chi connectivity index (χ0) is 22.8. The first kappa shape index (κ1) is 21.3. The lowest BCUT2D eigenvalue weighted by Crippen LogP contribution is -2.18. The lowest BCUT2D eigenvalue weighted by atomic mass is 10.1. The molecule has 1 fully saturated rings. The molecule has 4 heterocycles. The van der Waals surface area contributed by atoms with Crippen LogP contribution in [-0.4, -0.2) is 48.2 Å². The van der Waals surface area contributed by atoms with Crippen LogP contribution in [0, 0.1) is 5.82 Å². The minimum Gasteiger partial charge on any atom is -0.415 e. The molecule has 11 heteroatoms. The number of hydrogen-bond acceptors (Lipinski definition) is 7. The molecule has 4 aromatic rings. The van der Waals surface area contributed by atoms with Crippen LogP contribution in [0.15, 0.2) is 47.1 Å². The fourth-order valence-electron chi connectivity index (χ4n) is 3.85. The van der Waals surface area contributed by atoms with E-state index in [-0.39, 0.29) is 11.7 Å². The average Bonchev–Trinajstić information content (AvgIpc) is 3.56. The van der Waals surface area contributed by atoms with Crippen LogP contribution in [0.3, 0.4) is 0 Å². The van der Waals surface area contributed by atoms with Crippen LogP contribution in [0.5, 0.6) is 0 Å². The molecule has 0 saturated carbocycles. The number of alkyl halides is 2. The topological polar surface area (TPSA) is 85.8 Å². The van der Waals surface area contributed by atoms with Crippen molar-refractivity contribution in [3.8, 4) is 22.7 Å².